The van der Waals surface area contributed by atoms with Gasteiger partial charge in [-0.2, -0.15) is 0 Å². The first-order valence-electron chi connectivity index (χ1n) is 7.06. The molecule has 6 heteroatoms. The molecular weight excluding hydrogens is 246 g/mol. The summed E-state index contributed by atoms with van der Waals surface area (Å²) in [4.78, 5) is 26.0. The highest BCUT2D eigenvalue weighted by molar-refractivity contribution is 5.88. The topological polar surface area (TPSA) is 70.7 Å². The Labute approximate surface area is 113 Å². The van der Waals surface area contributed by atoms with E-state index in [2.05, 4.69) is 10.6 Å². The number of hydrogen-bond donors (Lipinski definition) is 2. The standard InChI is InChI=1S/C13H23N3O3/c1-10(13(18)16-6-8-19-9-7-16)15-12(17)11-2-4-14-5-3-11/h10-11,14H,2-9H2,1H3,(H,15,17). The highest BCUT2D eigenvalue weighted by atomic mass is 16.5. The van der Waals surface area contributed by atoms with Gasteiger partial charge in [0.1, 0.15) is 6.04 Å². The Morgan fingerprint density at radius 3 is 2.53 bits per heavy atom. The largest absolute Gasteiger partial charge is 0.378 e. The van der Waals surface area contributed by atoms with Crippen molar-refractivity contribution in [2.45, 2.75) is 25.8 Å². The molecule has 0 aromatic carbocycles. The van der Waals surface area contributed by atoms with E-state index in [9.17, 15) is 9.59 Å². The zero-order chi connectivity index (χ0) is 13.7. The second-order valence-electron chi connectivity index (χ2n) is 5.19. The van der Waals surface area contributed by atoms with Gasteiger partial charge in [-0.3, -0.25) is 9.59 Å². The summed E-state index contributed by atoms with van der Waals surface area (Å²) in [6, 6.07) is -0.444. The van der Waals surface area contributed by atoms with E-state index in [1.54, 1.807) is 11.8 Å². The van der Waals surface area contributed by atoms with Crippen molar-refractivity contribution in [3.63, 3.8) is 0 Å². The summed E-state index contributed by atoms with van der Waals surface area (Å²) in [6.45, 7) is 5.92. The summed E-state index contributed by atoms with van der Waals surface area (Å²) in [5.41, 5.74) is 0. The van der Waals surface area contributed by atoms with Crippen molar-refractivity contribution < 1.29 is 14.3 Å². The minimum absolute atomic E-state index is 0.00872. The monoisotopic (exact) mass is 269 g/mol. The Morgan fingerprint density at radius 2 is 1.89 bits per heavy atom. The smallest absolute Gasteiger partial charge is 0.245 e. The fourth-order valence-electron chi connectivity index (χ4n) is 2.53. The highest BCUT2D eigenvalue weighted by Gasteiger charge is 2.27. The lowest BCUT2D eigenvalue weighted by atomic mass is 9.97. The zero-order valence-electron chi connectivity index (χ0n) is 11.5. The van der Waals surface area contributed by atoms with Gasteiger partial charge in [0.15, 0.2) is 0 Å². The Balaban J connectivity index is 1.80. The third-order valence-electron chi connectivity index (χ3n) is 3.76. The SMILES string of the molecule is CC(NC(=O)C1CCNCC1)C(=O)N1CCOCC1. The van der Waals surface area contributed by atoms with Gasteiger partial charge in [-0.05, 0) is 32.9 Å². The third-order valence-corrected chi connectivity index (χ3v) is 3.76. The van der Waals surface area contributed by atoms with Crippen LogP contribution in [-0.4, -0.2) is 62.1 Å². The summed E-state index contributed by atoms with van der Waals surface area (Å²) in [7, 11) is 0. The van der Waals surface area contributed by atoms with Crippen LogP contribution in [0.25, 0.3) is 0 Å². The van der Waals surface area contributed by atoms with Crippen molar-refractivity contribution in [1.82, 2.24) is 15.5 Å². The van der Waals surface area contributed by atoms with Crippen LogP contribution in [-0.2, 0) is 14.3 Å². The maximum Gasteiger partial charge on any atom is 0.245 e. The molecule has 2 fully saturated rings. The molecule has 0 bridgehead atoms. The van der Waals surface area contributed by atoms with E-state index in [0.717, 1.165) is 25.9 Å². The van der Waals surface area contributed by atoms with Gasteiger partial charge in [-0.25, -0.2) is 0 Å². The molecule has 0 saturated carbocycles. The predicted octanol–water partition coefficient (Wildman–Crippen LogP) is -0.650. The maximum atomic E-state index is 12.2. The number of carbonyl (C=O) groups is 2. The van der Waals surface area contributed by atoms with Crippen LogP contribution in [0.2, 0.25) is 0 Å². The van der Waals surface area contributed by atoms with Gasteiger partial charge in [0.25, 0.3) is 0 Å². The summed E-state index contributed by atoms with van der Waals surface area (Å²) in [6.07, 6.45) is 1.70. The first-order valence-corrected chi connectivity index (χ1v) is 7.06. The molecule has 2 heterocycles. The number of nitrogens with one attached hydrogen (secondary N) is 2. The van der Waals surface area contributed by atoms with Crippen LogP contribution in [0, 0.1) is 5.92 Å². The van der Waals surface area contributed by atoms with Gasteiger partial charge in [0.05, 0.1) is 13.2 Å². The van der Waals surface area contributed by atoms with Crippen molar-refractivity contribution in [2.24, 2.45) is 5.92 Å². The molecule has 1 unspecified atom stereocenters. The van der Waals surface area contributed by atoms with Crippen molar-refractivity contribution >= 4 is 11.8 Å². The van der Waals surface area contributed by atoms with Gasteiger partial charge in [0, 0.05) is 19.0 Å². The molecule has 19 heavy (non-hydrogen) atoms. The number of amides is 2. The predicted molar refractivity (Wildman–Crippen MR) is 70.6 cm³/mol. The molecule has 108 valence electrons. The van der Waals surface area contributed by atoms with Gasteiger partial charge in [-0.15, -0.1) is 0 Å². The molecule has 0 radical (unpaired) electrons. The van der Waals surface area contributed by atoms with Crippen molar-refractivity contribution in [3.8, 4) is 0 Å². The molecule has 0 spiro atoms. The molecule has 0 aromatic heterocycles. The van der Waals surface area contributed by atoms with E-state index in [-0.39, 0.29) is 17.7 Å². The summed E-state index contributed by atoms with van der Waals surface area (Å²) >= 11 is 0. The molecule has 0 aromatic rings. The molecule has 2 aliphatic rings. The fraction of sp³-hybridized carbons (Fsp3) is 0.846. The second-order valence-corrected chi connectivity index (χ2v) is 5.19. The normalized spacial score (nSPS) is 22.9. The zero-order valence-corrected chi connectivity index (χ0v) is 11.5. The molecule has 2 saturated heterocycles. The summed E-state index contributed by atoms with van der Waals surface area (Å²) in [5.74, 6) is 0.0439. The number of piperidine rings is 1. The van der Waals surface area contributed by atoms with Crippen LogP contribution in [0.1, 0.15) is 19.8 Å². The molecule has 2 aliphatic heterocycles. The van der Waals surface area contributed by atoms with Crippen molar-refractivity contribution in [1.29, 1.82) is 0 Å². The van der Waals surface area contributed by atoms with Crippen LogP contribution in [0.3, 0.4) is 0 Å². The van der Waals surface area contributed by atoms with Crippen LogP contribution < -0.4 is 10.6 Å². The van der Waals surface area contributed by atoms with Gasteiger partial charge in [0.2, 0.25) is 11.8 Å². The molecule has 0 aliphatic carbocycles. The van der Waals surface area contributed by atoms with Crippen LogP contribution >= 0.6 is 0 Å². The van der Waals surface area contributed by atoms with E-state index in [0.29, 0.717) is 26.3 Å². The number of rotatable bonds is 3. The minimum atomic E-state index is -0.444. The van der Waals surface area contributed by atoms with Crippen LogP contribution in [0.15, 0.2) is 0 Å². The van der Waals surface area contributed by atoms with Crippen molar-refractivity contribution in [3.05, 3.63) is 0 Å². The first-order chi connectivity index (χ1) is 9.18. The lowest BCUT2D eigenvalue weighted by Crippen LogP contribution is -2.52. The van der Waals surface area contributed by atoms with Gasteiger partial charge in [-0.1, -0.05) is 0 Å². The third kappa shape index (κ3) is 3.91. The maximum absolute atomic E-state index is 12.2. The molecule has 6 nitrogen and oxygen atoms in total. The Hall–Kier alpha value is -1.14. The number of hydrogen-bond acceptors (Lipinski definition) is 4. The molecule has 2 N–H and O–H groups in total. The van der Waals surface area contributed by atoms with E-state index < -0.39 is 6.04 Å². The number of ether oxygens (including phenoxy) is 1. The van der Waals surface area contributed by atoms with Crippen LogP contribution in [0.4, 0.5) is 0 Å². The average molecular weight is 269 g/mol. The fourth-order valence-corrected chi connectivity index (χ4v) is 2.53. The van der Waals surface area contributed by atoms with Crippen molar-refractivity contribution in [2.75, 3.05) is 39.4 Å². The molecular formula is C13H23N3O3. The lowest BCUT2D eigenvalue weighted by Gasteiger charge is -2.30. The van der Waals surface area contributed by atoms with E-state index in [4.69, 9.17) is 4.74 Å². The minimum Gasteiger partial charge on any atom is -0.378 e. The van der Waals surface area contributed by atoms with Gasteiger partial charge >= 0.3 is 0 Å². The van der Waals surface area contributed by atoms with Gasteiger partial charge < -0.3 is 20.3 Å². The molecule has 2 amide bonds. The quantitative estimate of drug-likeness (QED) is 0.714. The number of nitrogens with zero attached hydrogens (tertiary/aromatic N) is 1. The number of carbonyl (C=O) groups excluding carboxylic acids is 2. The van der Waals surface area contributed by atoms with E-state index >= 15 is 0 Å². The second kappa shape index (κ2) is 6.86. The molecule has 1 atom stereocenters. The van der Waals surface area contributed by atoms with E-state index in [1.165, 1.54) is 0 Å². The lowest BCUT2D eigenvalue weighted by molar-refractivity contribution is -0.140. The summed E-state index contributed by atoms with van der Waals surface area (Å²) in [5, 5.41) is 6.08. The molecule has 2 rings (SSSR count). The Kier molecular flexibility index (Phi) is 5.15. The Morgan fingerprint density at radius 1 is 1.26 bits per heavy atom. The number of morpholine rings is 1. The van der Waals surface area contributed by atoms with E-state index in [1.807, 2.05) is 0 Å². The first kappa shape index (κ1) is 14.3. The summed E-state index contributed by atoms with van der Waals surface area (Å²) < 4.78 is 5.22. The Bertz CT molecular complexity index is 323. The van der Waals surface area contributed by atoms with Crippen LogP contribution in [0.5, 0.6) is 0 Å². The highest BCUT2D eigenvalue weighted by Crippen LogP contribution is 2.12. The average Bonchev–Trinajstić information content (AvgIpc) is 2.48.